The second-order valence-electron chi connectivity index (χ2n) is 7.48. The number of H-pyrrole nitrogens is 1. The van der Waals surface area contributed by atoms with Crippen molar-refractivity contribution in [1.82, 2.24) is 20.5 Å². The van der Waals surface area contributed by atoms with Crippen LogP contribution in [0.5, 0.6) is 0 Å². The van der Waals surface area contributed by atoms with Gasteiger partial charge in [-0.15, -0.1) is 0 Å². The van der Waals surface area contributed by atoms with E-state index in [1.54, 1.807) is 12.3 Å². The molecular weight excluding hydrogens is 436 g/mol. The third-order valence-corrected chi connectivity index (χ3v) is 6.33. The van der Waals surface area contributed by atoms with Gasteiger partial charge in [0.25, 0.3) is 5.91 Å². The molecule has 0 saturated carbocycles. The molecule has 2 aromatic carbocycles. The highest BCUT2D eigenvalue weighted by Crippen LogP contribution is 2.33. The van der Waals surface area contributed by atoms with E-state index in [0.29, 0.717) is 18.6 Å². The van der Waals surface area contributed by atoms with Crippen LogP contribution in [-0.2, 0) is 9.53 Å². The van der Waals surface area contributed by atoms with Crippen LogP contribution in [0, 0.1) is 0 Å². The number of hydrogen-bond donors (Lipinski definition) is 2. The summed E-state index contributed by atoms with van der Waals surface area (Å²) >= 11 is 1.48. The summed E-state index contributed by atoms with van der Waals surface area (Å²) in [6, 6.07) is 18.5. The topological polar surface area (TPSA) is 97.0 Å². The molecule has 7 nitrogen and oxygen atoms in total. The highest BCUT2D eigenvalue weighted by Gasteiger charge is 2.28. The fraction of sp³-hybridized carbons (Fsp3) is 0.120. The van der Waals surface area contributed by atoms with Gasteiger partial charge >= 0.3 is 5.97 Å². The van der Waals surface area contributed by atoms with E-state index >= 15 is 0 Å². The first-order chi connectivity index (χ1) is 16.2. The molecule has 0 spiro atoms. The van der Waals surface area contributed by atoms with Gasteiger partial charge in [0.15, 0.2) is 0 Å². The Morgan fingerprint density at radius 2 is 2.00 bits per heavy atom. The highest BCUT2D eigenvalue weighted by molar-refractivity contribution is 7.99. The first kappa shape index (κ1) is 21.0. The van der Waals surface area contributed by atoms with Crippen LogP contribution in [0.25, 0.3) is 23.1 Å². The van der Waals surface area contributed by atoms with Crippen molar-refractivity contribution in [3.63, 3.8) is 0 Å². The molecule has 1 atom stereocenters. The number of fused-ring (bicyclic) bond motifs is 1. The Labute approximate surface area is 194 Å². The number of nitrogens with one attached hydrogen (secondary N) is 2. The minimum Gasteiger partial charge on any atom is -0.464 e. The maximum Gasteiger partial charge on any atom is 0.328 e. The number of rotatable bonds is 6. The average Bonchev–Trinajstić information content (AvgIpc) is 3.44. The summed E-state index contributed by atoms with van der Waals surface area (Å²) in [4.78, 5) is 30.6. The first-order valence-electron chi connectivity index (χ1n) is 10.5. The molecule has 0 bridgehead atoms. The molecule has 0 radical (unpaired) electrons. The van der Waals surface area contributed by atoms with Crippen LogP contribution in [0.15, 0.2) is 76.7 Å². The number of ether oxygens (including phenoxy) is 1. The second kappa shape index (κ2) is 9.30. The predicted octanol–water partition coefficient (Wildman–Crippen LogP) is 4.32. The van der Waals surface area contributed by atoms with Gasteiger partial charge < -0.3 is 10.1 Å². The quantitative estimate of drug-likeness (QED) is 0.419. The molecule has 2 N–H and O–H groups in total. The normalized spacial score (nSPS) is 15.8. The molecule has 1 amide bonds. The third-order valence-electron chi connectivity index (χ3n) is 5.26. The lowest BCUT2D eigenvalue weighted by Crippen LogP contribution is -2.38. The van der Waals surface area contributed by atoms with Crippen LogP contribution < -0.4 is 5.32 Å². The Kier molecular flexibility index (Phi) is 5.91. The minimum atomic E-state index is -0.588. The lowest BCUT2D eigenvalue weighted by molar-refractivity contribution is -0.139. The Morgan fingerprint density at radius 1 is 1.12 bits per heavy atom. The van der Waals surface area contributed by atoms with Crippen LogP contribution in [-0.4, -0.2) is 39.7 Å². The van der Waals surface area contributed by atoms with Gasteiger partial charge in [0, 0.05) is 27.8 Å². The number of hydrogen-bond acceptors (Lipinski definition) is 6. The van der Waals surface area contributed by atoms with Crippen LogP contribution in [0.1, 0.15) is 28.2 Å². The van der Waals surface area contributed by atoms with Gasteiger partial charge in [-0.3, -0.25) is 14.9 Å². The van der Waals surface area contributed by atoms with E-state index in [2.05, 4.69) is 20.5 Å². The molecule has 5 rings (SSSR count). The summed E-state index contributed by atoms with van der Waals surface area (Å²) in [5, 5.41) is 11.3. The molecule has 1 unspecified atom stereocenters. The summed E-state index contributed by atoms with van der Waals surface area (Å²) in [5.41, 5.74) is 3.11. The number of nitrogens with zero attached hydrogens (tertiary/aromatic N) is 2. The summed E-state index contributed by atoms with van der Waals surface area (Å²) in [6.45, 7) is 0.337. The zero-order valence-corrected chi connectivity index (χ0v) is 18.3. The van der Waals surface area contributed by atoms with E-state index in [9.17, 15) is 9.59 Å². The highest BCUT2D eigenvalue weighted by atomic mass is 32.2. The zero-order chi connectivity index (χ0) is 22.6. The SMILES string of the molecule is O=C(NC1CCOC1=O)c1ccccc1Sc1ccc2c(/C=C/c3ccccn3)n[nH]c2c1. The lowest BCUT2D eigenvalue weighted by Gasteiger charge is -2.12. The Bertz CT molecular complexity index is 1350. The van der Waals surface area contributed by atoms with Gasteiger partial charge in [0.05, 0.1) is 29.1 Å². The fourth-order valence-electron chi connectivity index (χ4n) is 3.58. The summed E-state index contributed by atoms with van der Waals surface area (Å²) in [7, 11) is 0. The third kappa shape index (κ3) is 4.65. The Balaban J connectivity index is 1.35. The maximum atomic E-state index is 12.8. The molecule has 8 heteroatoms. The van der Waals surface area contributed by atoms with E-state index in [-0.39, 0.29) is 11.9 Å². The van der Waals surface area contributed by atoms with Gasteiger partial charge in [-0.05, 0) is 54.6 Å². The molecule has 1 aliphatic heterocycles. The largest absolute Gasteiger partial charge is 0.464 e. The molecule has 1 saturated heterocycles. The van der Waals surface area contributed by atoms with Crippen molar-refractivity contribution < 1.29 is 14.3 Å². The number of carbonyl (C=O) groups excluding carboxylic acids is 2. The number of aromatic amines is 1. The Hall–Kier alpha value is -3.91. The van der Waals surface area contributed by atoms with Crippen LogP contribution in [0.3, 0.4) is 0 Å². The van der Waals surface area contributed by atoms with Crippen molar-refractivity contribution in [2.24, 2.45) is 0 Å². The predicted molar refractivity (Wildman–Crippen MR) is 127 cm³/mol. The van der Waals surface area contributed by atoms with Gasteiger partial charge in [-0.1, -0.05) is 30.0 Å². The van der Waals surface area contributed by atoms with Gasteiger partial charge in [0.1, 0.15) is 6.04 Å². The van der Waals surface area contributed by atoms with E-state index in [4.69, 9.17) is 4.74 Å². The standard InChI is InChI=1S/C25H20N4O3S/c30-24(27-21-12-14-32-25(21)31)19-6-1-2-7-23(19)33-17-9-10-18-20(28-29-22(18)15-17)11-8-16-5-3-4-13-26-16/h1-11,13,15,21H,12,14H2,(H,27,30)(H,28,29)/b11-8+. The van der Waals surface area contributed by atoms with E-state index in [1.165, 1.54) is 11.8 Å². The van der Waals surface area contributed by atoms with Gasteiger partial charge in [0.2, 0.25) is 0 Å². The molecule has 164 valence electrons. The number of esters is 1. The van der Waals surface area contributed by atoms with E-state index in [1.807, 2.05) is 66.7 Å². The summed E-state index contributed by atoms with van der Waals surface area (Å²) in [5.74, 6) is -0.669. The zero-order valence-electron chi connectivity index (χ0n) is 17.5. The molecule has 1 aliphatic rings. The number of cyclic esters (lactones) is 1. The van der Waals surface area contributed by atoms with Crippen molar-refractivity contribution in [1.29, 1.82) is 0 Å². The minimum absolute atomic E-state index is 0.286. The number of amides is 1. The number of benzene rings is 2. The number of aromatic nitrogens is 3. The molecule has 1 fully saturated rings. The van der Waals surface area contributed by atoms with Crippen molar-refractivity contribution in [3.8, 4) is 0 Å². The van der Waals surface area contributed by atoms with Crippen LogP contribution >= 0.6 is 11.8 Å². The van der Waals surface area contributed by atoms with Crippen LogP contribution in [0.4, 0.5) is 0 Å². The lowest BCUT2D eigenvalue weighted by atomic mass is 10.2. The number of carbonyl (C=O) groups is 2. The first-order valence-corrected chi connectivity index (χ1v) is 11.3. The van der Waals surface area contributed by atoms with E-state index < -0.39 is 6.04 Å². The van der Waals surface area contributed by atoms with Gasteiger partial charge in [-0.2, -0.15) is 5.10 Å². The Morgan fingerprint density at radius 3 is 2.82 bits per heavy atom. The second-order valence-corrected chi connectivity index (χ2v) is 8.60. The molecule has 3 heterocycles. The van der Waals surface area contributed by atoms with Crippen molar-refractivity contribution in [2.45, 2.75) is 22.3 Å². The van der Waals surface area contributed by atoms with Crippen LogP contribution in [0.2, 0.25) is 0 Å². The smallest absolute Gasteiger partial charge is 0.328 e. The monoisotopic (exact) mass is 456 g/mol. The summed E-state index contributed by atoms with van der Waals surface area (Å²) in [6.07, 6.45) is 6.10. The maximum absolute atomic E-state index is 12.8. The fourth-order valence-corrected chi connectivity index (χ4v) is 4.57. The molecule has 0 aliphatic carbocycles. The molecule has 33 heavy (non-hydrogen) atoms. The van der Waals surface area contributed by atoms with Crippen molar-refractivity contribution >= 4 is 46.7 Å². The number of pyridine rings is 1. The van der Waals surface area contributed by atoms with Gasteiger partial charge in [-0.25, -0.2) is 4.79 Å². The van der Waals surface area contributed by atoms with Crippen molar-refractivity contribution in [3.05, 3.63) is 83.8 Å². The average molecular weight is 457 g/mol. The van der Waals surface area contributed by atoms with E-state index in [0.717, 1.165) is 32.1 Å². The summed E-state index contributed by atoms with van der Waals surface area (Å²) < 4.78 is 4.94. The van der Waals surface area contributed by atoms with Crippen molar-refractivity contribution in [2.75, 3.05) is 6.61 Å². The molecule has 2 aromatic heterocycles. The molecular formula is C25H20N4O3S. The molecule has 4 aromatic rings.